The summed E-state index contributed by atoms with van der Waals surface area (Å²) in [6, 6.07) is 9.53. The van der Waals surface area contributed by atoms with Crippen LogP contribution in [0.2, 0.25) is 0 Å². The van der Waals surface area contributed by atoms with Crippen LogP contribution >= 0.6 is 0 Å². The Hall–Kier alpha value is -2.54. The molecule has 0 bridgehead atoms. The Labute approximate surface area is 135 Å². The molecule has 0 saturated carbocycles. The number of amides is 1. The molecule has 0 atom stereocenters. The number of hydrogen-bond acceptors (Lipinski definition) is 5. The Bertz CT molecular complexity index is 660. The molecular formula is C16H21N5O2. The van der Waals surface area contributed by atoms with Gasteiger partial charge in [-0.05, 0) is 35.4 Å². The molecule has 0 aliphatic heterocycles. The molecule has 2 rings (SSSR count). The van der Waals surface area contributed by atoms with Gasteiger partial charge in [0.1, 0.15) is 5.70 Å². The zero-order chi connectivity index (χ0) is 16.7. The second-order valence-corrected chi connectivity index (χ2v) is 5.09. The van der Waals surface area contributed by atoms with E-state index in [1.807, 2.05) is 37.3 Å². The van der Waals surface area contributed by atoms with E-state index < -0.39 is 0 Å². The van der Waals surface area contributed by atoms with Gasteiger partial charge in [-0.1, -0.05) is 37.3 Å². The van der Waals surface area contributed by atoms with Gasteiger partial charge in [-0.15, -0.1) is 5.10 Å². The number of carbonyl (C=O) groups excluding carboxylic acids is 1. The number of rotatable bonds is 7. The average molecular weight is 315 g/mol. The maximum absolute atomic E-state index is 12.9. The van der Waals surface area contributed by atoms with Crippen molar-refractivity contribution in [1.29, 1.82) is 0 Å². The van der Waals surface area contributed by atoms with E-state index in [9.17, 15) is 9.90 Å². The Balaban J connectivity index is 2.43. The van der Waals surface area contributed by atoms with Gasteiger partial charge in [0, 0.05) is 13.1 Å². The first-order chi connectivity index (χ1) is 11.2. The highest BCUT2D eigenvalue weighted by Crippen LogP contribution is 2.15. The Morgan fingerprint density at radius 1 is 1.30 bits per heavy atom. The van der Waals surface area contributed by atoms with E-state index >= 15 is 0 Å². The quantitative estimate of drug-likeness (QED) is 0.776. The summed E-state index contributed by atoms with van der Waals surface area (Å²) in [6.45, 7) is 4.48. The minimum atomic E-state index is -0.208. The third-order valence-corrected chi connectivity index (χ3v) is 3.33. The van der Waals surface area contributed by atoms with Crippen LogP contribution in [0, 0.1) is 6.92 Å². The first-order valence-corrected chi connectivity index (χ1v) is 7.59. The number of aliphatic hydroxyl groups excluding tert-OH is 1. The molecule has 1 aromatic carbocycles. The smallest absolute Gasteiger partial charge is 0.272 e. The second kappa shape index (κ2) is 8.19. The largest absolute Gasteiger partial charge is 0.395 e. The SMILES string of the molecule is CCCN(CCO)C(=O)/C(=C/c1ccccc1)n1nnnc1C. The summed E-state index contributed by atoms with van der Waals surface area (Å²) in [6.07, 6.45) is 2.56. The number of aryl methyl sites for hydroxylation is 1. The molecular weight excluding hydrogens is 294 g/mol. The number of tetrazole rings is 1. The van der Waals surface area contributed by atoms with Crippen LogP contribution in [0.3, 0.4) is 0 Å². The minimum Gasteiger partial charge on any atom is -0.395 e. The maximum atomic E-state index is 12.9. The molecule has 2 aromatic rings. The topological polar surface area (TPSA) is 84.1 Å². The molecule has 7 heteroatoms. The van der Waals surface area contributed by atoms with Crippen molar-refractivity contribution >= 4 is 17.7 Å². The molecule has 7 nitrogen and oxygen atoms in total. The fourth-order valence-corrected chi connectivity index (χ4v) is 2.24. The van der Waals surface area contributed by atoms with Crippen molar-refractivity contribution in [2.45, 2.75) is 20.3 Å². The molecule has 0 unspecified atom stereocenters. The first kappa shape index (κ1) is 16.8. The van der Waals surface area contributed by atoms with Crippen LogP contribution < -0.4 is 0 Å². The number of aliphatic hydroxyl groups is 1. The normalized spacial score (nSPS) is 11.5. The van der Waals surface area contributed by atoms with Crippen LogP contribution in [0.1, 0.15) is 24.7 Å². The van der Waals surface area contributed by atoms with Crippen molar-refractivity contribution in [3.63, 3.8) is 0 Å². The number of benzene rings is 1. The van der Waals surface area contributed by atoms with Crippen LogP contribution in [0.25, 0.3) is 11.8 Å². The molecule has 1 amide bonds. The lowest BCUT2D eigenvalue weighted by Crippen LogP contribution is -2.36. The van der Waals surface area contributed by atoms with Gasteiger partial charge >= 0.3 is 0 Å². The van der Waals surface area contributed by atoms with Gasteiger partial charge in [0.05, 0.1) is 6.61 Å². The van der Waals surface area contributed by atoms with Gasteiger partial charge in [-0.2, -0.15) is 4.68 Å². The predicted molar refractivity (Wildman–Crippen MR) is 87.1 cm³/mol. The Morgan fingerprint density at radius 2 is 2.04 bits per heavy atom. The third kappa shape index (κ3) is 4.23. The van der Waals surface area contributed by atoms with Crippen molar-refractivity contribution in [3.05, 3.63) is 41.7 Å². The summed E-state index contributed by atoms with van der Waals surface area (Å²) in [5.74, 6) is 0.320. The second-order valence-electron chi connectivity index (χ2n) is 5.09. The van der Waals surface area contributed by atoms with Crippen LogP contribution in [0.4, 0.5) is 0 Å². The van der Waals surface area contributed by atoms with E-state index in [-0.39, 0.29) is 19.1 Å². The predicted octanol–water partition coefficient (Wildman–Crippen LogP) is 1.21. The molecule has 0 spiro atoms. The summed E-state index contributed by atoms with van der Waals surface area (Å²) in [5, 5.41) is 20.6. The van der Waals surface area contributed by atoms with E-state index in [1.54, 1.807) is 17.9 Å². The standard InChI is InChI=1S/C16H21N5O2/c1-3-9-20(10-11-22)16(23)15(21-13(2)17-18-19-21)12-14-7-5-4-6-8-14/h4-8,12,22H,3,9-11H2,1-2H3/b15-12-. The van der Waals surface area contributed by atoms with Crippen LogP contribution in [0.5, 0.6) is 0 Å². The van der Waals surface area contributed by atoms with Crippen molar-refractivity contribution < 1.29 is 9.90 Å². The van der Waals surface area contributed by atoms with Gasteiger partial charge in [-0.3, -0.25) is 4.79 Å². The molecule has 1 N–H and O–H groups in total. The molecule has 0 saturated heterocycles. The number of carbonyl (C=O) groups is 1. The Kier molecular flexibility index (Phi) is 5.99. The molecule has 122 valence electrons. The fourth-order valence-electron chi connectivity index (χ4n) is 2.24. The van der Waals surface area contributed by atoms with Crippen LogP contribution in [-0.2, 0) is 4.79 Å². The molecule has 0 aliphatic rings. The average Bonchev–Trinajstić information content (AvgIpc) is 2.98. The van der Waals surface area contributed by atoms with Gasteiger partial charge in [0.2, 0.25) is 0 Å². The highest BCUT2D eigenvalue weighted by molar-refractivity contribution is 6.18. The van der Waals surface area contributed by atoms with Gasteiger partial charge in [-0.25, -0.2) is 0 Å². The van der Waals surface area contributed by atoms with Gasteiger partial charge in [0.15, 0.2) is 5.82 Å². The number of aromatic nitrogens is 4. The zero-order valence-electron chi connectivity index (χ0n) is 13.4. The molecule has 1 aromatic heterocycles. The lowest BCUT2D eigenvalue weighted by Gasteiger charge is -2.22. The van der Waals surface area contributed by atoms with E-state index in [1.165, 1.54) is 4.68 Å². The lowest BCUT2D eigenvalue weighted by molar-refractivity contribution is -0.126. The van der Waals surface area contributed by atoms with E-state index in [0.29, 0.717) is 18.1 Å². The Morgan fingerprint density at radius 3 is 2.61 bits per heavy atom. The summed E-state index contributed by atoms with van der Waals surface area (Å²) >= 11 is 0. The van der Waals surface area contributed by atoms with Gasteiger partial charge in [0.25, 0.3) is 5.91 Å². The number of nitrogens with zero attached hydrogens (tertiary/aromatic N) is 5. The molecule has 1 heterocycles. The van der Waals surface area contributed by atoms with Crippen molar-refractivity contribution in [3.8, 4) is 0 Å². The zero-order valence-corrected chi connectivity index (χ0v) is 13.4. The molecule has 0 radical (unpaired) electrons. The van der Waals surface area contributed by atoms with E-state index in [4.69, 9.17) is 0 Å². The minimum absolute atomic E-state index is 0.0844. The van der Waals surface area contributed by atoms with Gasteiger partial charge < -0.3 is 10.0 Å². The molecule has 0 aliphatic carbocycles. The highest BCUT2D eigenvalue weighted by atomic mass is 16.3. The fraction of sp³-hybridized carbons (Fsp3) is 0.375. The highest BCUT2D eigenvalue weighted by Gasteiger charge is 2.21. The summed E-state index contributed by atoms with van der Waals surface area (Å²) in [5.41, 5.74) is 1.24. The van der Waals surface area contributed by atoms with Crippen molar-refractivity contribution in [2.75, 3.05) is 19.7 Å². The van der Waals surface area contributed by atoms with E-state index in [2.05, 4.69) is 15.5 Å². The maximum Gasteiger partial charge on any atom is 0.272 e. The van der Waals surface area contributed by atoms with Crippen molar-refractivity contribution in [1.82, 2.24) is 25.1 Å². The van der Waals surface area contributed by atoms with E-state index in [0.717, 1.165) is 12.0 Å². The van der Waals surface area contributed by atoms with Crippen LogP contribution in [0.15, 0.2) is 30.3 Å². The summed E-state index contributed by atoms with van der Waals surface area (Å²) in [4.78, 5) is 14.5. The lowest BCUT2D eigenvalue weighted by atomic mass is 10.2. The third-order valence-electron chi connectivity index (χ3n) is 3.33. The molecule has 0 fully saturated rings. The summed E-state index contributed by atoms with van der Waals surface area (Å²) < 4.78 is 1.43. The number of hydrogen-bond donors (Lipinski definition) is 1. The first-order valence-electron chi connectivity index (χ1n) is 7.59. The monoisotopic (exact) mass is 315 g/mol. The van der Waals surface area contributed by atoms with Crippen LogP contribution in [-0.4, -0.2) is 55.8 Å². The van der Waals surface area contributed by atoms with Crippen molar-refractivity contribution in [2.24, 2.45) is 0 Å². The summed E-state index contributed by atoms with van der Waals surface area (Å²) in [7, 11) is 0. The molecule has 23 heavy (non-hydrogen) atoms.